The highest BCUT2D eigenvalue weighted by molar-refractivity contribution is 9.10. The number of rotatable bonds is 2. The maximum Gasteiger partial charge on any atom is 0.293 e. The minimum atomic E-state index is -0.502. The molecule has 1 aromatic carbocycles. The van der Waals surface area contributed by atoms with E-state index in [1.807, 2.05) is 0 Å². The van der Waals surface area contributed by atoms with Crippen LogP contribution in [0.15, 0.2) is 10.5 Å². The summed E-state index contributed by atoms with van der Waals surface area (Å²) in [4.78, 5) is 21.3. The Labute approximate surface area is 101 Å². The lowest BCUT2D eigenvalue weighted by molar-refractivity contribution is -0.384. The molecule has 5 nitrogen and oxygen atoms in total. The highest BCUT2D eigenvalue weighted by atomic mass is 79.9. The zero-order valence-corrected chi connectivity index (χ0v) is 10.7. The van der Waals surface area contributed by atoms with Crippen LogP contribution in [0.25, 0.3) is 0 Å². The van der Waals surface area contributed by atoms with Gasteiger partial charge in [0.2, 0.25) is 5.91 Å². The Kier molecular flexibility index (Phi) is 3.64. The van der Waals surface area contributed by atoms with Crippen molar-refractivity contribution in [2.45, 2.75) is 20.8 Å². The first-order valence-corrected chi connectivity index (χ1v) is 5.35. The molecule has 0 radical (unpaired) electrons. The molecule has 0 aliphatic carbocycles. The highest BCUT2D eigenvalue weighted by Crippen LogP contribution is 2.35. The molecular weight excluding hydrogens is 276 g/mol. The van der Waals surface area contributed by atoms with Crippen molar-refractivity contribution in [2.75, 3.05) is 5.32 Å². The predicted molar refractivity (Wildman–Crippen MR) is 64.6 cm³/mol. The Morgan fingerprint density at radius 3 is 2.50 bits per heavy atom. The normalized spacial score (nSPS) is 10.0. The third kappa shape index (κ3) is 2.38. The molecule has 1 N–H and O–H groups in total. The van der Waals surface area contributed by atoms with Crippen molar-refractivity contribution < 1.29 is 9.72 Å². The fourth-order valence-electron chi connectivity index (χ4n) is 1.42. The molecule has 0 heterocycles. The maximum atomic E-state index is 11.0. The van der Waals surface area contributed by atoms with Crippen LogP contribution in [0.3, 0.4) is 0 Å². The minimum Gasteiger partial charge on any atom is -0.320 e. The van der Waals surface area contributed by atoms with Gasteiger partial charge in [-0.15, -0.1) is 0 Å². The van der Waals surface area contributed by atoms with Crippen LogP contribution in [-0.2, 0) is 4.79 Å². The van der Waals surface area contributed by atoms with Gasteiger partial charge in [-0.2, -0.15) is 0 Å². The van der Waals surface area contributed by atoms with Crippen LogP contribution in [0, 0.1) is 24.0 Å². The van der Waals surface area contributed by atoms with Gasteiger partial charge >= 0.3 is 0 Å². The number of amides is 1. The molecule has 1 rings (SSSR count). The number of aryl methyl sites for hydroxylation is 1. The smallest absolute Gasteiger partial charge is 0.293 e. The summed E-state index contributed by atoms with van der Waals surface area (Å²) in [7, 11) is 0. The number of nitrogens with zero attached hydrogens (tertiary/aromatic N) is 1. The molecule has 0 bridgehead atoms. The van der Waals surface area contributed by atoms with E-state index in [9.17, 15) is 14.9 Å². The lowest BCUT2D eigenvalue weighted by Crippen LogP contribution is -2.10. The van der Waals surface area contributed by atoms with Crippen LogP contribution in [0.1, 0.15) is 18.1 Å². The summed E-state index contributed by atoms with van der Waals surface area (Å²) in [6.45, 7) is 4.80. The molecule has 0 saturated heterocycles. The highest BCUT2D eigenvalue weighted by Gasteiger charge is 2.20. The van der Waals surface area contributed by atoms with E-state index in [1.165, 1.54) is 13.0 Å². The monoisotopic (exact) mass is 286 g/mol. The number of nitro benzene ring substituents is 1. The molecule has 0 aliphatic rings. The topological polar surface area (TPSA) is 72.2 Å². The summed E-state index contributed by atoms with van der Waals surface area (Å²) in [6.07, 6.45) is 0. The van der Waals surface area contributed by atoms with Crippen LogP contribution in [0.2, 0.25) is 0 Å². The van der Waals surface area contributed by atoms with Gasteiger partial charge in [-0.1, -0.05) is 15.9 Å². The Bertz CT molecular complexity index is 472. The van der Waals surface area contributed by atoms with Gasteiger partial charge < -0.3 is 5.32 Å². The average molecular weight is 287 g/mol. The first-order chi connectivity index (χ1) is 7.34. The van der Waals surface area contributed by atoms with E-state index >= 15 is 0 Å². The Hall–Kier alpha value is -1.43. The average Bonchev–Trinajstić information content (AvgIpc) is 2.17. The van der Waals surface area contributed by atoms with E-state index in [2.05, 4.69) is 21.2 Å². The number of hydrogen-bond donors (Lipinski definition) is 1. The molecule has 1 amide bonds. The number of benzene rings is 1. The second kappa shape index (κ2) is 4.61. The fourth-order valence-corrected chi connectivity index (χ4v) is 1.73. The van der Waals surface area contributed by atoms with Crippen LogP contribution >= 0.6 is 15.9 Å². The van der Waals surface area contributed by atoms with Gasteiger partial charge in [0.05, 0.1) is 4.92 Å². The Morgan fingerprint density at radius 1 is 1.50 bits per heavy atom. The molecule has 0 saturated carbocycles. The van der Waals surface area contributed by atoms with Gasteiger partial charge in [0, 0.05) is 17.5 Å². The van der Waals surface area contributed by atoms with Gasteiger partial charge in [0.15, 0.2) is 0 Å². The van der Waals surface area contributed by atoms with Gasteiger partial charge in [0.1, 0.15) is 5.69 Å². The third-order valence-electron chi connectivity index (χ3n) is 2.16. The lowest BCUT2D eigenvalue weighted by atomic mass is 10.1. The first-order valence-electron chi connectivity index (χ1n) is 4.56. The van der Waals surface area contributed by atoms with Gasteiger partial charge in [0.25, 0.3) is 5.69 Å². The van der Waals surface area contributed by atoms with Crippen molar-refractivity contribution >= 4 is 33.2 Å². The summed E-state index contributed by atoms with van der Waals surface area (Å²) in [5.74, 6) is -0.332. The lowest BCUT2D eigenvalue weighted by Gasteiger charge is -2.10. The van der Waals surface area contributed by atoms with Crippen molar-refractivity contribution in [3.05, 3.63) is 31.8 Å². The fraction of sp³-hybridized carbons (Fsp3) is 0.300. The molecule has 86 valence electrons. The molecular formula is C10H11BrN2O3. The molecule has 6 heteroatoms. The van der Waals surface area contributed by atoms with Crippen molar-refractivity contribution in [3.63, 3.8) is 0 Å². The van der Waals surface area contributed by atoms with Crippen molar-refractivity contribution in [3.8, 4) is 0 Å². The number of carbonyl (C=O) groups is 1. The van der Waals surface area contributed by atoms with E-state index in [1.54, 1.807) is 13.8 Å². The maximum absolute atomic E-state index is 11.0. The number of nitro groups is 1. The van der Waals surface area contributed by atoms with Crippen LogP contribution in [0.5, 0.6) is 0 Å². The molecule has 0 unspecified atom stereocenters. The standard InChI is InChI=1S/C10H11BrN2O3/c1-5-4-8(13(15)16)10(12-7(3)14)6(2)9(5)11/h4H,1-3H3,(H,12,14). The summed E-state index contributed by atoms with van der Waals surface area (Å²) >= 11 is 3.33. The molecule has 0 aromatic heterocycles. The molecule has 1 aromatic rings. The number of carbonyl (C=O) groups excluding carboxylic acids is 1. The van der Waals surface area contributed by atoms with Gasteiger partial charge in [-0.25, -0.2) is 0 Å². The van der Waals surface area contributed by atoms with E-state index in [-0.39, 0.29) is 17.3 Å². The summed E-state index contributed by atoms with van der Waals surface area (Å²) in [6, 6.07) is 1.43. The largest absolute Gasteiger partial charge is 0.320 e. The number of nitrogens with one attached hydrogen (secondary N) is 1. The summed E-state index contributed by atoms with van der Waals surface area (Å²) in [5.41, 5.74) is 1.57. The van der Waals surface area contributed by atoms with Crippen molar-refractivity contribution in [1.82, 2.24) is 0 Å². The number of halogens is 1. The molecule has 0 fully saturated rings. The van der Waals surface area contributed by atoms with E-state index < -0.39 is 4.92 Å². The van der Waals surface area contributed by atoms with E-state index in [0.29, 0.717) is 5.56 Å². The van der Waals surface area contributed by atoms with Crippen LogP contribution < -0.4 is 5.32 Å². The predicted octanol–water partition coefficient (Wildman–Crippen LogP) is 2.93. The molecule has 0 atom stereocenters. The first kappa shape index (κ1) is 12.6. The number of hydrogen-bond acceptors (Lipinski definition) is 3. The zero-order valence-electron chi connectivity index (χ0n) is 9.13. The van der Waals surface area contributed by atoms with Crippen LogP contribution in [-0.4, -0.2) is 10.8 Å². The Balaban J connectivity index is 3.47. The van der Waals surface area contributed by atoms with Gasteiger partial charge in [-0.05, 0) is 25.0 Å². The SMILES string of the molecule is CC(=O)Nc1c([N+](=O)[O-])cc(C)c(Br)c1C. The third-order valence-corrected chi connectivity index (χ3v) is 3.38. The Morgan fingerprint density at radius 2 is 2.06 bits per heavy atom. The van der Waals surface area contributed by atoms with Gasteiger partial charge in [-0.3, -0.25) is 14.9 Å². The minimum absolute atomic E-state index is 0.0894. The second-order valence-electron chi connectivity index (χ2n) is 3.46. The number of anilines is 1. The van der Waals surface area contributed by atoms with Crippen molar-refractivity contribution in [1.29, 1.82) is 0 Å². The van der Waals surface area contributed by atoms with E-state index in [0.717, 1.165) is 10.0 Å². The van der Waals surface area contributed by atoms with Crippen molar-refractivity contribution in [2.24, 2.45) is 0 Å². The molecule has 0 aliphatic heterocycles. The molecule has 0 spiro atoms. The summed E-state index contributed by atoms with van der Waals surface area (Å²) in [5, 5.41) is 13.3. The van der Waals surface area contributed by atoms with Crippen LogP contribution in [0.4, 0.5) is 11.4 Å². The molecule has 16 heavy (non-hydrogen) atoms. The quantitative estimate of drug-likeness (QED) is 0.671. The second-order valence-corrected chi connectivity index (χ2v) is 4.26. The zero-order chi connectivity index (χ0) is 12.5. The van der Waals surface area contributed by atoms with E-state index in [4.69, 9.17) is 0 Å². The summed E-state index contributed by atoms with van der Waals surface area (Å²) < 4.78 is 0.766.